The first-order valence-corrected chi connectivity index (χ1v) is 8.03. The lowest BCUT2D eigenvalue weighted by molar-refractivity contribution is 0.0661. The second-order valence-electron chi connectivity index (χ2n) is 5.67. The highest BCUT2D eigenvalue weighted by molar-refractivity contribution is 6.31. The van der Waals surface area contributed by atoms with Crippen molar-refractivity contribution in [1.29, 1.82) is 0 Å². The van der Waals surface area contributed by atoms with Crippen molar-refractivity contribution in [2.24, 2.45) is 0 Å². The molecule has 1 aliphatic heterocycles. The van der Waals surface area contributed by atoms with E-state index in [-0.39, 0.29) is 23.5 Å². The maximum Gasteiger partial charge on any atom is 0.321 e. The third-order valence-corrected chi connectivity index (χ3v) is 4.40. The van der Waals surface area contributed by atoms with Crippen LogP contribution in [0.25, 0.3) is 0 Å². The molecular formula is C15H17ClN6O3. The van der Waals surface area contributed by atoms with Crippen LogP contribution in [0.5, 0.6) is 0 Å². The van der Waals surface area contributed by atoms with Gasteiger partial charge in [0.1, 0.15) is 0 Å². The standard InChI is InChI=1S/C15H17ClN6O3/c1-9-2-3-10(8-11(9)16)18-15(24)22-6-4-21(5-7-22)14(23)12-13(17)20-25-19-12/h2-3,8H,4-7H2,1H3,(H2,17,20)(H,18,24). The van der Waals surface area contributed by atoms with Crippen molar-refractivity contribution in [3.8, 4) is 0 Å². The molecule has 0 radical (unpaired) electrons. The highest BCUT2D eigenvalue weighted by Crippen LogP contribution is 2.20. The Morgan fingerprint density at radius 1 is 1.20 bits per heavy atom. The van der Waals surface area contributed by atoms with Crippen molar-refractivity contribution in [3.05, 3.63) is 34.5 Å². The second-order valence-corrected chi connectivity index (χ2v) is 6.08. The third-order valence-electron chi connectivity index (χ3n) is 3.99. The molecule has 0 spiro atoms. The molecule has 1 aliphatic rings. The van der Waals surface area contributed by atoms with E-state index in [0.717, 1.165) is 5.56 Å². The van der Waals surface area contributed by atoms with Gasteiger partial charge in [0.2, 0.25) is 11.5 Å². The number of benzene rings is 1. The van der Waals surface area contributed by atoms with Gasteiger partial charge >= 0.3 is 6.03 Å². The molecule has 0 saturated carbocycles. The molecule has 0 bridgehead atoms. The molecule has 2 heterocycles. The minimum Gasteiger partial charge on any atom is -0.379 e. The summed E-state index contributed by atoms with van der Waals surface area (Å²) in [6.07, 6.45) is 0. The summed E-state index contributed by atoms with van der Waals surface area (Å²) in [7, 11) is 0. The first-order chi connectivity index (χ1) is 12.0. The highest BCUT2D eigenvalue weighted by atomic mass is 35.5. The monoisotopic (exact) mass is 364 g/mol. The van der Waals surface area contributed by atoms with Crippen molar-refractivity contribution >= 4 is 35.0 Å². The molecule has 3 rings (SSSR count). The van der Waals surface area contributed by atoms with Crippen LogP contribution in [0.1, 0.15) is 16.1 Å². The van der Waals surface area contributed by atoms with Crippen LogP contribution in [-0.2, 0) is 0 Å². The molecule has 2 aromatic rings. The van der Waals surface area contributed by atoms with E-state index < -0.39 is 0 Å². The fourth-order valence-electron chi connectivity index (χ4n) is 2.48. The summed E-state index contributed by atoms with van der Waals surface area (Å²) in [5.74, 6) is -0.398. The topological polar surface area (TPSA) is 118 Å². The Labute approximate surface area is 148 Å². The summed E-state index contributed by atoms with van der Waals surface area (Å²) in [4.78, 5) is 27.8. The van der Waals surface area contributed by atoms with Gasteiger partial charge < -0.3 is 20.9 Å². The van der Waals surface area contributed by atoms with Crippen molar-refractivity contribution in [3.63, 3.8) is 0 Å². The van der Waals surface area contributed by atoms with E-state index >= 15 is 0 Å². The number of nitrogens with two attached hydrogens (primary N) is 1. The number of nitrogens with zero attached hydrogens (tertiary/aromatic N) is 4. The molecule has 1 fully saturated rings. The van der Waals surface area contributed by atoms with Crippen LogP contribution in [0.2, 0.25) is 5.02 Å². The minimum atomic E-state index is -0.357. The predicted octanol–water partition coefficient (Wildman–Crippen LogP) is 1.60. The number of hydrogen-bond acceptors (Lipinski definition) is 6. The maximum absolute atomic E-state index is 12.3. The van der Waals surface area contributed by atoms with Gasteiger partial charge in [-0.05, 0) is 34.9 Å². The molecular weight excluding hydrogens is 348 g/mol. The molecule has 0 unspecified atom stereocenters. The van der Waals surface area contributed by atoms with E-state index in [9.17, 15) is 9.59 Å². The fourth-order valence-corrected chi connectivity index (χ4v) is 2.66. The number of aryl methyl sites for hydroxylation is 1. The van der Waals surface area contributed by atoms with Gasteiger partial charge in [-0.3, -0.25) is 4.79 Å². The van der Waals surface area contributed by atoms with Crippen molar-refractivity contribution in [2.75, 3.05) is 37.2 Å². The molecule has 0 aliphatic carbocycles. The Balaban J connectivity index is 1.56. The van der Waals surface area contributed by atoms with Crippen LogP contribution in [0.4, 0.5) is 16.3 Å². The Kier molecular flexibility index (Phi) is 4.75. The number of amides is 3. The molecule has 3 N–H and O–H groups in total. The summed E-state index contributed by atoms with van der Waals surface area (Å²) in [5.41, 5.74) is 7.09. The maximum atomic E-state index is 12.3. The minimum absolute atomic E-state index is 0.00722. The summed E-state index contributed by atoms with van der Waals surface area (Å²) < 4.78 is 4.44. The van der Waals surface area contributed by atoms with Crippen LogP contribution in [0, 0.1) is 6.92 Å². The van der Waals surface area contributed by atoms with Gasteiger partial charge in [-0.2, -0.15) is 0 Å². The largest absolute Gasteiger partial charge is 0.379 e. The zero-order valence-electron chi connectivity index (χ0n) is 13.5. The first-order valence-electron chi connectivity index (χ1n) is 7.65. The van der Waals surface area contributed by atoms with E-state index in [1.807, 2.05) is 13.0 Å². The number of urea groups is 1. The number of aromatic nitrogens is 2. The molecule has 1 saturated heterocycles. The number of nitrogens with one attached hydrogen (secondary N) is 1. The van der Waals surface area contributed by atoms with Crippen molar-refractivity contribution < 1.29 is 14.2 Å². The summed E-state index contributed by atoms with van der Waals surface area (Å²) in [6.45, 7) is 3.41. The van der Waals surface area contributed by atoms with Gasteiger partial charge in [-0.25, -0.2) is 9.42 Å². The lowest BCUT2D eigenvalue weighted by atomic mass is 10.2. The van der Waals surface area contributed by atoms with Crippen molar-refractivity contribution in [2.45, 2.75) is 6.92 Å². The van der Waals surface area contributed by atoms with E-state index in [1.54, 1.807) is 21.9 Å². The number of carbonyl (C=O) groups is 2. The Morgan fingerprint density at radius 3 is 2.48 bits per heavy atom. The summed E-state index contributed by atoms with van der Waals surface area (Å²) in [5, 5.41) is 10.3. The second kappa shape index (κ2) is 6.98. The van der Waals surface area contributed by atoms with Gasteiger partial charge in [-0.15, -0.1) is 0 Å². The number of halogens is 1. The van der Waals surface area contributed by atoms with Crippen LogP contribution < -0.4 is 11.1 Å². The lowest BCUT2D eigenvalue weighted by Gasteiger charge is -2.34. The normalized spacial score (nSPS) is 14.5. The highest BCUT2D eigenvalue weighted by Gasteiger charge is 2.28. The predicted molar refractivity (Wildman–Crippen MR) is 91.4 cm³/mol. The molecule has 3 amide bonds. The molecule has 0 atom stereocenters. The third kappa shape index (κ3) is 3.66. The number of piperazine rings is 1. The lowest BCUT2D eigenvalue weighted by Crippen LogP contribution is -2.51. The Morgan fingerprint density at radius 2 is 1.88 bits per heavy atom. The SMILES string of the molecule is Cc1ccc(NC(=O)N2CCN(C(=O)c3nonc3N)CC2)cc1Cl. The van der Waals surface area contributed by atoms with Gasteiger partial charge in [0.15, 0.2) is 0 Å². The summed E-state index contributed by atoms with van der Waals surface area (Å²) in [6, 6.07) is 5.09. The van der Waals surface area contributed by atoms with Crippen LogP contribution in [-0.4, -0.2) is 58.2 Å². The van der Waals surface area contributed by atoms with E-state index in [0.29, 0.717) is 36.9 Å². The summed E-state index contributed by atoms with van der Waals surface area (Å²) >= 11 is 6.06. The molecule has 1 aromatic carbocycles. The first kappa shape index (κ1) is 17.0. The van der Waals surface area contributed by atoms with E-state index in [1.165, 1.54) is 0 Å². The zero-order chi connectivity index (χ0) is 18.0. The van der Waals surface area contributed by atoms with Crippen LogP contribution in [0.15, 0.2) is 22.8 Å². The Bertz CT molecular complexity index is 800. The zero-order valence-corrected chi connectivity index (χ0v) is 14.3. The van der Waals surface area contributed by atoms with Gasteiger partial charge in [0.05, 0.1) is 0 Å². The number of rotatable bonds is 2. The average molecular weight is 365 g/mol. The van der Waals surface area contributed by atoms with Crippen LogP contribution in [0.3, 0.4) is 0 Å². The number of hydrogen-bond donors (Lipinski definition) is 2. The number of anilines is 2. The molecule has 25 heavy (non-hydrogen) atoms. The fraction of sp³-hybridized carbons (Fsp3) is 0.333. The van der Waals surface area contributed by atoms with E-state index in [2.05, 4.69) is 20.3 Å². The molecule has 132 valence electrons. The molecule has 9 nitrogen and oxygen atoms in total. The number of carbonyl (C=O) groups excluding carboxylic acids is 2. The van der Waals surface area contributed by atoms with E-state index in [4.69, 9.17) is 17.3 Å². The quantitative estimate of drug-likeness (QED) is 0.835. The smallest absolute Gasteiger partial charge is 0.321 e. The van der Waals surface area contributed by atoms with Crippen molar-refractivity contribution in [1.82, 2.24) is 20.1 Å². The van der Waals surface area contributed by atoms with Gasteiger partial charge in [-0.1, -0.05) is 17.7 Å². The Hall–Kier alpha value is -2.81. The number of nitrogen functional groups attached to an aromatic ring is 1. The average Bonchev–Trinajstić information content (AvgIpc) is 3.03. The van der Waals surface area contributed by atoms with Gasteiger partial charge in [0.25, 0.3) is 5.91 Å². The van der Waals surface area contributed by atoms with Gasteiger partial charge in [0, 0.05) is 36.9 Å². The van der Waals surface area contributed by atoms with Crippen LogP contribution >= 0.6 is 11.6 Å². The molecule has 1 aromatic heterocycles. The molecule has 10 heteroatoms.